The summed E-state index contributed by atoms with van der Waals surface area (Å²) in [6.45, 7) is 5.43. The van der Waals surface area contributed by atoms with Crippen LogP contribution in [0.25, 0.3) is 0 Å². The lowest BCUT2D eigenvalue weighted by Gasteiger charge is -2.38. The van der Waals surface area contributed by atoms with Crippen LogP contribution in [-0.4, -0.2) is 43.1 Å². The van der Waals surface area contributed by atoms with Crippen molar-refractivity contribution in [1.29, 1.82) is 0 Å². The van der Waals surface area contributed by atoms with Gasteiger partial charge in [-0.05, 0) is 43.2 Å². The number of likely N-dealkylation sites (tertiary alicyclic amines) is 1. The summed E-state index contributed by atoms with van der Waals surface area (Å²) in [5.74, 6) is 0.926. The van der Waals surface area contributed by atoms with E-state index in [1.165, 1.54) is 10.4 Å². The molecule has 2 aromatic rings. The monoisotopic (exact) mass is 370 g/mol. The molecule has 2 N–H and O–H groups in total. The van der Waals surface area contributed by atoms with Crippen LogP contribution >= 0.6 is 11.3 Å². The number of nitrogens with one attached hydrogen (secondary N) is 2. The minimum absolute atomic E-state index is 0.491. The lowest BCUT2D eigenvalue weighted by Crippen LogP contribution is -2.51. The van der Waals surface area contributed by atoms with Gasteiger partial charge in [0.25, 0.3) is 0 Å². The van der Waals surface area contributed by atoms with E-state index in [0.29, 0.717) is 12.1 Å². The van der Waals surface area contributed by atoms with Crippen LogP contribution < -0.4 is 10.6 Å². The van der Waals surface area contributed by atoms with E-state index in [1.807, 2.05) is 18.4 Å². The fraction of sp³-hybridized carbons (Fsp3) is 0.476. The molecule has 1 aliphatic heterocycles. The van der Waals surface area contributed by atoms with E-state index < -0.39 is 0 Å². The molecule has 2 atom stereocenters. The van der Waals surface area contributed by atoms with E-state index in [1.54, 1.807) is 0 Å². The van der Waals surface area contributed by atoms with Crippen molar-refractivity contribution < 1.29 is 0 Å². The maximum absolute atomic E-state index is 4.40. The van der Waals surface area contributed by atoms with Crippen LogP contribution in [0.1, 0.15) is 30.2 Å². The van der Waals surface area contributed by atoms with Gasteiger partial charge in [-0.3, -0.25) is 9.89 Å². The van der Waals surface area contributed by atoms with Crippen molar-refractivity contribution in [3.63, 3.8) is 0 Å². The third kappa shape index (κ3) is 5.58. The number of hydrogen-bond donors (Lipinski definition) is 2. The molecule has 0 spiro atoms. The molecule has 4 nitrogen and oxygen atoms in total. The minimum Gasteiger partial charge on any atom is -0.356 e. The van der Waals surface area contributed by atoms with E-state index >= 15 is 0 Å². The molecule has 3 rings (SSSR count). The zero-order chi connectivity index (χ0) is 18.2. The van der Waals surface area contributed by atoms with E-state index in [2.05, 4.69) is 75.3 Å². The Hall–Kier alpha value is -1.85. The summed E-state index contributed by atoms with van der Waals surface area (Å²) in [7, 11) is 1.86. The van der Waals surface area contributed by atoms with Gasteiger partial charge in [0.15, 0.2) is 5.96 Å². The van der Waals surface area contributed by atoms with E-state index in [9.17, 15) is 0 Å². The SMILES string of the molecule is CN=C(NCCc1cccs1)NC1CCN(Cc2ccccc2)C(C)C1. The van der Waals surface area contributed by atoms with Crippen molar-refractivity contribution in [2.45, 2.75) is 44.8 Å². The standard InChI is InChI=1S/C21H30N4S/c1-17-15-19(11-13-25(17)16-18-7-4-3-5-8-18)24-21(22-2)23-12-10-20-9-6-14-26-20/h3-9,14,17,19H,10-13,15-16H2,1-2H3,(H2,22,23,24). The molecule has 0 saturated carbocycles. The number of aliphatic imine (C=N–C) groups is 1. The van der Waals surface area contributed by atoms with Crippen molar-refractivity contribution in [1.82, 2.24) is 15.5 Å². The van der Waals surface area contributed by atoms with Gasteiger partial charge in [0.05, 0.1) is 0 Å². The second-order valence-corrected chi connectivity index (χ2v) is 8.03. The van der Waals surface area contributed by atoms with Crippen molar-refractivity contribution >= 4 is 17.3 Å². The van der Waals surface area contributed by atoms with Crippen molar-refractivity contribution in [3.05, 3.63) is 58.3 Å². The quantitative estimate of drug-likeness (QED) is 0.604. The van der Waals surface area contributed by atoms with Crippen molar-refractivity contribution in [2.75, 3.05) is 20.1 Å². The molecular formula is C21H30N4S. The van der Waals surface area contributed by atoms with E-state index in [4.69, 9.17) is 0 Å². The summed E-state index contributed by atoms with van der Waals surface area (Å²) in [4.78, 5) is 8.39. The smallest absolute Gasteiger partial charge is 0.191 e. The van der Waals surface area contributed by atoms with Gasteiger partial charge in [0.1, 0.15) is 0 Å². The molecule has 1 aliphatic rings. The molecule has 2 heterocycles. The summed E-state index contributed by atoms with van der Waals surface area (Å²) in [5, 5.41) is 9.20. The first-order chi connectivity index (χ1) is 12.7. The lowest BCUT2D eigenvalue weighted by atomic mass is 9.97. The van der Waals surface area contributed by atoms with Crippen LogP contribution in [0.2, 0.25) is 0 Å². The van der Waals surface area contributed by atoms with Crippen molar-refractivity contribution in [2.24, 2.45) is 4.99 Å². The lowest BCUT2D eigenvalue weighted by molar-refractivity contribution is 0.134. The van der Waals surface area contributed by atoms with Gasteiger partial charge in [0.2, 0.25) is 0 Å². The Morgan fingerprint density at radius 3 is 2.77 bits per heavy atom. The second-order valence-electron chi connectivity index (χ2n) is 7.00. The average Bonchev–Trinajstić information content (AvgIpc) is 3.17. The van der Waals surface area contributed by atoms with Crippen LogP contribution in [0.3, 0.4) is 0 Å². The largest absolute Gasteiger partial charge is 0.356 e. The minimum atomic E-state index is 0.491. The zero-order valence-electron chi connectivity index (χ0n) is 15.8. The summed E-state index contributed by atoms with van der Waals surface area (Å²) in [5.41, 5.74) is 1.40. The Bertz CT molecular complexity index is 669. The molecule has 1 saturated heterocycles. The van der Waals surface area contributed by atoms with Crippen LogP contribution in [0.4, 0.5) is 0 Å². The predicted molar refractivity (Wildman–Crippen MR) is 112 cm³/mol. The molecule has 0 aliphatic carbocycles. The number of piperidine rings is 1. The highest BCUT2D eigenvalue weighted by Gasteiger charge is 2.25. The molecule has 1 aromatic heterocycles. The number of rotatable bonds is 6. The molecule has 2 unspecified atom stereocenters. The van der Waals surface area contributed by atoms with Crippen molar-refractivity contribution in [3.8, 4) is 0 Å². The molecule has 0 amide bonds. The van der Waals surface area contributed by atoms with Gasteiger partial charge in [-0.25, -0.2) is 0 Å². The Labute approximate surface area is 161 Å². The Morgan fingerprint density at radius 1 is 1.23 bits per heavy atom. The third-order valence-electron chi connectivity index (χ3n) is 5.05. The van der Waals surface area contributed by atoms with Gasteiger partial charge in [-0.15, -0.1) is 11.3 Å². The van der Waals surface area contributed by atoms with Gasteiger partial charge in [-0.2, -0.15) is 0 Å². The summed E-state index contributed by atoms with van der Waals surface area (Å²) >= 11 is 1.81. The fourth-order valence-electron chi connectivity index (χ4n) is 3.55. The summed E-state index contributed by atoms with van der Waals surface area (Å²) in [6.07, 6.45) is 3.35. The Kier molecular flexibility index (Phi) is 7.09. The van der Waals surface area contributed by atoms with Crippen LogP contribution in [-0.2, 0) is 13.0 Å². The highest BCUT2D eigenvalue weighted by molar-refractivity contribution is 7.09. The van der Waals surface area contributed by atoms with Gasteiger partial charge >= 0.3 is 0 Å². The molecule has 140 valence electrons. The van der Waals surface area contributed by atoms with Gasteiger partial charge in [0, 0.05) is 43.6 Å². The predicted octanol–water partition coefficient (Wildman–Crippen LogP) is 3.51. The second kappa shape index (κ2) is 9.74. The summed E-state index contributed by atoms with van der Waals surface area (Å²) in [6, 6.07) is 16.1. The topological polar surface area (TPSA) is 39.7 Å². The van der Waals surface area contributed by atoms with Crippen LogP contribution in [0, 0.1) is 0 Å². The average molecular weight is 371 g/mol. The van der Waals surface area contributed by atoms with Gasteiger partial charge in [-0.1, -0.05) is 36.4 Å². The first-order valence-corrected chi connectivity index (χ1v) is 10.4. The highest BCUT2D eigenvalue weighted by Crippen LogP contribution is 2.20. The molecule has 1 aromatic carbocycles. The third-order valence-corrected chi connectivity index (χ3v) is 5.99. The number of benzene rings is 1. The molecule has 0 bridgehead atoms. The first-order valence-electron chi connectivity index (χ1n) is 9.52. The Morgan fingerprint density at radius 2 is 2.08 bits per heavy atom. The molecule has 26 heavy (non-hydrogen) atoms. The first kappa shape index (κ1) is 18.9. The number of thiophene rings is 1. The van der Waals surface area contributed by atoms with Crippen LogP contribution in [0.15, 0.2) is 52.8 Å². The van der Waals surface area contributed by atoms with E-state index in [0.717, 1.165) is 44.9 Å². The molecule has 0 radical (unpaired) electrons. The highest BCUT2D eigenvalue weighted by atomic mass is 32.1. The molecule has 5 heteroatoms. The molecular weight excluding hydrogens is 340 g/mol. The summed E-state index contributed by atoms with van der Waals surface area (Å²) < 4.78 is 0. The van der Waals surface area contributed by atoms with Gasteiger partial charge < -0.3 is 10.6 Å². The van der Waals surface area contributed by atoms with Crippen LogP contribution in [0.5, 0.6) is 0 Å². The normalized spacial score (nSPS) is 21.5. The fourth-order valence-corrected chi connectivity index (χ4v) is 4.26. The maximum Gasteiger partial charge on any atom is 0.191 e. The van der Waals surface area contributed by atoms with E-state index in [-0.39, 0.29) is 0 Å². The maximum atomic E-state index is 4.40. The molecule has 1 fully saturated rings. The number of guanidine groups is 1. The number of nitrogens with zero attached hydrogens (tertiary/aromatic N) is 2. The zero-order valence-corrected chi connectivity index (χ0v) is 16.6. The Balaban J connectivity index is 1.42. The number of hydrogen-bond acceptors (Lipinski definition) is 3.